The molecule has 1 amide bonds. The van der Waals surface area contributed by atoms with Gasteiger partial charge in [0, 0.05) is 17.8 Å². The molecule has 2 aromatic carbocycles. The van der Waals surface area contributed by atoms with Crippen molar-refractivity contribution in [2.75, 3.05) is 18.4 Å². The molecule has 0 saturated heterocycles. The lowest BCUT2D eigenvalue weighted by Crippen LogP contribution is -2.31. The van der Waals surface area contributed by atoms with E-state index in [0.29, 0.717) is 18.5 Å². The Labute approximate surface area is 150 Å². The first-order valence-electron chi connectivity index (χ1n) is 8.09. The molecule has 138 valence electrons. The SMILES string of the molecule is CC(=O)c1ccc(NCC(=O)NCCc2ccc(OC(F)F)cc2)cc1. The molecule has 2 N–H and O–H groups in total. The molecule has 0 aliphatic carbocycles. The normalized spacial score (nSPS) is 10.5. The van der Waals surface area contributed by atoms with Gasteiger partial charge in [-0.25, -0.2) is 0 Å². The van der Waals surface area contributed by atoms with E-state index in [1.54, 1.807) is 36.4 Å². The standard InChI is InChI=1S/C19H20F2N2O3/c1-13(24)15-4-6-16(7-5-15)23-12-18(25)22-11-10-14-2-8-17(9-3-14)26-19(20)21/h2-9,19,23H,10-12H2,1H3,(H,22,25). The largest absolute Gasteiger partial charge is 0.435 e. The van der Waals surface area contributed by atoms with Crippen LogP contribution in [0.3, 0.4) is 0 Å². The highest BCUT2D eigenvalue weighted by atomic mass is 19.3. The quantitative estimate of drug-likeness (QED) is 0.672. The number of hydrogen-bond donors (Lipinski definition) is 2. The van der Waals surface area contributed by atoms with Gasteiger partial charge in [0.25, 0.3) is 0 Å². The average molecular weight is 362 g/mol. The fourth-order valence-electron chi connectivity index (χ4n) is 2.25. The number of hydrogen-bond acceptors (Lipinski definition) is 4. The van der Waals surface area contributed by atoms with Crippen LogP contribution in [0.1, 0.15) is 22.8 Å². The van der Waals surface area contributed by atoms with Gasteiger partial charge in [-0.3, -0.25) is 9.59 Å². The topological polar surface area (TPSA) is 67.4 Å². The van der Waals surface area contributed by atoms with Gasteiger partial charge >= 0.3 is 6.61 Å². The van der Waals surface area contributed by atoms with E-state index >= 15 is 0 Å². The lowest BCUT2D eigenvalue weighted by Gasteiger charge is -2.09. The summed E-state index contributed by atoms with van der Waals surface area (Å²) in [5, 5.41) is 5.75. The van der Waals surface area contributed by atoms with E-state index in [9.17, 15) is 18.4 Å². The third-order valence-electron chi connectivity index (χ3n) is 3.63. The predicted octanol–water partition coefficient (Wildman–Crippen LogP) is 3.26. The van der Waals surface area contributed by atoms with E-state index in [0.717, 1.165) is 11.3 Å². The Morgan fingerprint density at radius 1 is 1.04 bits per heavy atom. The molecule has 0 radical (unpaired) electrons. The van der Waals surface area contributed by atoms with Gasteiger partial charge in [0.15, 0.2) is 5.78 Å². The number of benzene rings is 2. The van der Waals surface area contributed by atoms with Gasteiger partial charge in [-0.05, 0) is 55.3 Å². The van der Waals surface area contributed by atoms with Crippen LogP contribution in [0.15, 0.2) is 48.5 Å². The minimum atomic E-state index is -2.84. The van der Waals surface area contributed by atoms with Gasteiger partial charge in [0.05, 0.1) is 6.54 Å². The monoisotopic (exact) mass is 362 g/mol. The maximum atomic E-state index is 12.1. The summed E-state index contributed by atoms with van der Waals surface area (Å²) < 4.78 is 28.4. The zero-order chi connectivity index (χ0) is 18.9. The van der Waals surface area contributed by atoms with Crippen molar-refractivity contribution in [2.45, 2.75) is 20.0 Å². The zero-order valence-electron chi connectivity index (χ0n) is 14.3. The zero-order valence-corrected chi connectivity index (χ0v) is 14.3. The first-order chi connectivity index (χ1) is 12.4. The Kier molecular flexibility index (Phi) is 7.08. The van der Waals surface area contributed by atoms with Crippen LogP contribution in [0.2, 0.25) is 0 Å². The highest BCUT2D eigenvalue weighted by Crippen LogP contribution is 2.15. The molecule has 0 bridgehead atoms. The summed E-state index contributed by atoms with van der Waals surface area (Å²) in [5.74, 6) is -0.0748. The van der Waals surface area contributed by atoms with Crippen LogP contribution >= 0.6 is 0 Å². The molecule has 0 fully saturated rings. The van der Waals surface area contributed by atoms with Crippen LogP contribution in [0.25, 0.3) is 0 Å². The third-order valence-corrected chi connectivity index (χ3v) is 3.63. The van der Waals surface area contributed by atoms with Crippen molar-refractivity contribution >= 4 is 17.4 Å². The number of rotatable bonds is 9. The van der Waals surface area contributed by atoms with Crippen LogP contribution in [0, 0.1) is 0 Å². The van der Waals surface area contributed by atoms with Gasteiger partial charge in [-0.15, -0.1) is 0 Å². The predicted molar refractivity (Wildman–Crippen MR) is 94.7 cm³/mol. The van der Waals surface area contributed by atoms with Gasteiger partial charge in [-0.1, -0.05) is 12.1 Å². The van der Waals surface area contributed by atoms with Crippen LogP contribution in [-0.2, 0) is 11.2 Å². The minimum absolute atomic E-state index is 0.0110. The summed E-state index contributed by atoms with van der Waals surface area (Å²) in [6.45, 7) is -0.805. The molecule has 5 nitrogen and oxygen atoms in total. The first kappa shape index (κ1) is 19.4. The van der Waals surface area contributed by atoms with Crippen molar-refractivity contribution in [3.05, 3.63) is 59.7 Å². The number of carbonyl (C=O) groups excluding carboxylic acids is 2. The molecule has 2 aromatic rings. The molecular formula is C19H20F2N2O3. The van der Waals surface area contributed by atoms with E-state index in [-0.39, 0.29) is 24.0 Å². The second-order valence-corrected chi connectivity index (χ2v) is 5.61. The van der Waals surface area contributed by atoms with E-state index in [1.165, 1.54) is 19.1 Å². The van der Waals surface area contributed by atoms with Crippen LogP contribution in [0.5, 0.6) is 5.75 Å². The number of anilines is 1. The Morgan fingerprint density at radius 2 is 1.69 bits per heavy atom. The Balaban J connectivity index is 1.69. The molecule has 7 heteroatoms. The number of amides is 1. The van der Waals surface area contributed by atoms with Crippen molar-refractivity contribution in [1.29, 1.82) is 0 Å². The third kappa shape index (κ3) is 6.51. The minimum Gasteiger partial charge on any atom is -0.435 e. The second kappa shape index (κ2) is 9.50. The average Bonchev–Trinajstić information content (AvgIpc) is 2.61. The number of alkyl halides is 2. The number of ether oxygens (including phenoxy) is 1. The molecule has 0 atom stereocenters. The molecule has 0 saturated carbocycles. The summed E-state index contributed by atoms with van der Waals surface area (Å²) in [4.78, 5) is 23.0. The Morgan fingerprint density at radius 3 is 2.27 bits per heavy atom. The van der Waals surface area contributed by atoms with E-state index in [2.05, 4.69) is 15.4 Å². The summed E-state index contributed by atoms with van der Waals surface area (Å²) in [7, 11) is 0. The van der Waals surface area contributed by atoms with Crippen molar-refractivity contribution in [1.82, 2.24) is 5.32 Å². The number of nitrogens with one attached hydrogen (secondary N) is 2. The number of carbonyl (C=O) groups is 2. The maximum Gasteiger partial charge on any atom is 0.387 e. The molecule has 0 heterocycles. The van der Waals surface area contributed by atoms with E-state index in [1.807, 2.05) is 0 Å². The van der Waals surface area contributed by atoms with Gasteiger partial charge < -0.3 is 15.4 Å². The number of ketones is 1. The molecule has 0 aromatic heterocycles. The Hall–Kier alpha value is -2.96. The maximum absolute atomic E-state index is 12.1. The van der Waals surface area contributed by atoms with E-state index in [4.69, 9.17) is 0 Å². The first-order valence-corrected chi connectivity index (χ1v) is 8.09. The summed E-state index contributed by atoms with van der Waals surface area (Å²) in [5.41, 5.74) is 2.27. The van der Waals surface area contributed by atoms with Gasteiger partial charge in [-0.2, -0.15) is 8.78 Å². The number of halogens is 2. The lowest BCUT2D eigenvalue weighted by molar-refractivity contribution is -0.119. The highest BCUT2D eigenvalue weighted by Gasteiger charge is 2.05. The van der Waals surface area contributed by atoms with Crippen LogP contribution in [0.4, 0.5) is 14.5 Å². The van der Waals surface area contributed by atoms with E-state index < -0.39 is 6.61 Å². The van der Waals surface area contributed by atoms with Crippen LogP contribution < -0.4 is 15.4 Å². The Bertz CT molecular complexity index is 731. The second-order valence-electron chi connectivity index (χ2n) is 5.61. The summed E-state index contributed by atoms with van der Waals surface area (Å²) >= 11 is 0. The molecule has 0 aliphatic heterocycles. The molecule has 0 unspecified atom stereocenters. The van der Waals surface area contributed by atoms with Crippen molar-refractivity contribution in [3.8, 4) is 5.75 Å². The fourth-order valence-corrected chi connectivity index (χ4v) is 2.25. The molecular weight excluding hydrogens is 342 g/mol. The summed E-state index contributed by atoms with van der Waals surface area (Å²) in [6, 6.07) is 13.2. The number of Topliss-reactive ketones (excluding diaryl/α,β-unsaturated/α-hetero) is 1. The van der Waals surface area contributed by atoms with Crippen molar-refractivity contribution in [2.24, 2.45) is 0 Å². The molecule has 0 spiro atoms. The summed E-state index contributed by atoms with van der Waals surface area (Å²) in [6.07, 6.45) is 0.577. The van der Waals surface area contributed by atoms with Crippen LogP contribution in [-0.4, -0.2) is 31.4 Å². The van der Waals surface area contributed by atoms with Gasteiger partial charge in [0.2, 0.25) is 5.91 Å². The molecule has 26 heavy (non-hydrogen) atoms. The van der Waals surface area contributed by atoms with Crippen molar-refractivity contribution in [3.63, 3.8) is 0 Å². The smallest absolute Gasteiger partial charge is 0.387 e. The molecule has 2 rings (SSSR count). The lowest BCUT2D eigenvalue weighted by atomic mass is 10.1. The molecule has 0 aliphatic rings. The fraction of sp³-hybridized carbons (Fsp3) is 0.263. The van der Waals surface area contributed by atoms with Gasteiger partial charge in [0.1, 0.15) is 5.75 Å². The highest BCUT2D eigenvalue weighted by molar-refractivity contribution is 5.94. The van der Waals surface area contributed by atoms with Crippen molar-refractivity contribution < 1.29 is 23.1 Å².